The molecule has 0 aromatic carbocycles. The SMILES string of the molecule is C=C(C(=O)OC(C)C(=O)OC1C(C)CC2C(CS2(=O)=O)C1O)C(F)(F)F. The molecule has 1 aliphatic heterocycles. The van der Waals surface area contributed by atoms with Crippen LogP contribution in [0.15, 0.2) is 12.2 Å². The predicted octanol–water partition coefficient (Wildman–Crippen LogP) is 0.762. The monoisotopic (exact) mass is 400 g/mol. The first-order valence-electron chi connectivity index (χ1n) is 7.83. The number of carbonyl (C=O) groups is 2. The third-order valence-electron chi connectivity index (χ3n) is 4.76. The Labute approximate surface area is 148 Å². The van der Waals surface area contributed by atoms with Crippen LogP contribution in [0.4, 0.5) is 13.2 Å². The minimum absolute atomic E-state index is 0.195. The van der Waals surface area contributed by atoms with Gasteiger partial charge in [0, 0.05) is 5.92 Å². The summed E-state index contributed by atoms with van der Waals surface area (Å²) in [5.74, 6) is -4.19. The molecule has 0 spiro atoms. The highest BCUT2D eigenvalue weighted by Gasteiger charge is 2.57. The van der Waals surface area contributed by atoms with Crippen molar-refractivity contribution in [2.45, 2.75) is 50.0 Å². The Balaban J connectivity index is 1.97. The lowest BCUT2D eigenvalue weighted by Crippen LogP contribution is -2.62. The Morgan fingerprint density at radius 2 is 1.88 bits per heavy atom. The molecule has 2 aliphatic rings. The molecule has 0 bridgehead atoms. The van der Waals surface area contributed by atoms with Gasteiger partial charge in [0.05, 0.1) is 17.1 Å². The van der Waals surface area contributed by atoms with E-state index in [9.17, 15) is 36.3 Å². The van der Waals surface area contributed by atoms with Crippen molar-refractivity contribution in [3.05, 3.63) is 12.2 Å². The molecule has 7 nitrogen and oxygen atoms in total. The summed E-state index contributed by atoms with van der Waals surface area (Å²) >= 11 is 0. The molecule has 0 amide bonds. The minimum Gasteiger partial charge on any atom is -0.457 e. The summed E-state index contributed by atoms with van der Waals surface area (Å²) in [5.41, 5.74) is -1.76. The van der Waals surface area contributed by atoms with Crippen LogP contribution in [0, 0.1) is 11.8 Å². The van der Waals surface area contributed by atoms with Crippen molar-refractivity contribution in [2.24, 2.45) is 11.8 Å². The molecule has 2 rings (SSSR count). The molecular weight excluding hydrogens is 381 g/mol. The largest absolute Gasteiger partial charge is 0.457 e. The molecule has 2 fully saturated rings. The van der Waals surface area contributed by atoms with Gasteiger partial charge in [0.15, 0.2) is 15.9 Å². The van der Waals surface area contributed by atoms with E-state index in [0.717, 1.165) is 6.92 Å². The van der Waals surface area contributed by atoms with Gasteiger partial charge in [-0.1, -0.05) is 13.5 Å². The van der Waals surface area contributed by atoms with Gasteiger partial charge < -0.3 is 14.6 Å². The lowest BCUT2D eigenvalue weighted by Gasteiger charge is -2.48. The molecule has 1 saturated carbocycles. The second-order valence-electron chi connectivity index (χ2n) is 6.66. The topological polar surface area (TPSA) is 107 Å². The first-order valence-corrected chi connectivity index (χ1v) is 9.54. The van der Waals surface area contributed by atoms with Gasteiger partial charge in [-0.3, -0.25) is 0 Å². The summed E-state index contributed by atoms with van der Waals surface area (Å²) in [5, 5.41) is 9.57. The number of halogens is 3. The maximum Gasteiger partial charge on any atom is 0.422 e. The van der Waals surface area contributed by atoms with Gasteiger partial charge in [0.2, 0.25) is 0 Å². The molecule has 0 aromatic rings. The van der Waals surface area contributed by atoms with Crippen molar-refractivity contribution >= 4 is 21.8 Å². The lowest BCUT2D eigenvalue weighted by atomic mass is 9.78. The molecule has 1 heterocycles. The van der Waals surface area contributed by atoms with Gasteiger partial charge in [-0.2, -0.15) is 13.2 Å². The Morgan fingerprint density at radius 1 is 1.31 bits per heavy atom. The van der Waals surface area contributed by atoms with Crippen LogP contribution in [0.2, 0.25) is 0 Å². The quantitative estimate of drug-likeness (QED) is 0.548. The third kappa shape index (κ3) is 3.88. The summed E-state index contributed by atoms with van der Waals surface area (Å²) in [4.78, 5) is 23.3. The van der Waals surface area contributed by atoms with E-state index in [1.165, 1.54) is 0 Å². The molecule has 26 heavy (non-hydrogen) atoms. The molecule has 1 N–H and O–H groups in total. The molecule has 0 radical (unpaired) electrons. The second kappa shape index (κ2) is 6.84. The number of fused-ring (bicyclic) bond motifs is 1. The number of esters is 2. The molecule has 0 aromatic heterocycles. The molecule has 6 unspecified atom stereocenters. The van der Waals surface area contributed by atoms with E-state index >= 15 is 0 Å². The van der Waals surface area contributed by atoms with Gasteiger partial charge in [0.25, 0.3) is 0 Å². The van der Waals surface area contributed by atoms with Crippen molar-refractivity contribution in [2.75, 3.05) is 5.75 Å². The number of rotatable bonds is 4. The van der Waals surface area contributed by atoms with Crippen LogP contribution < -0.4 is 0 Å². The molecule has 148 valence electrons. The van der Waals surface area contributed by atoms with Gasteiger partial charge in [0.1, 0.15) is 11.7 Å². The van der Waals surface area contributed by atoms with Crippen molar-refractivity contribution in [1.29, 1.82) is 0 Å². The number of hydrogen-bond acceptors (Lipinski definition) is 7. The summed E-state index contributed by atoms with van der Waals surface area (Å²) < 4.78 is 70.0. The number of ether oxygens (including phenoxy) is 2. The minimum atomic E-state index is -4.99. The summed E-state index contributed by atoms with van der Waals surface area (Å²) in [7, 11) is -3.24. The zero-order chi connectivity index (χ0) is 20.0. The lowest BCUT2D eigenvalue weighted by molar-refractivity contribution is -0.182. The average molecular weight is 400 g/mol. The fourth-order valence-corrected chi connectivity index (χ4v) is 5.42. The van der Waals surface area contributed by atoms with Crippen LogP contribution in [0.1, 0.15) is 20.3 Å². The fourth-order valence-electron chi connectivity index (χ4n) is 3.18. The summed E-state index contributed by atoms with van der Waals surface area (Å²) in [6.07, 6.45) is -8.69. The Hall–Kier alpha value is -1.62. The van der Waals surface area contributed by atoms with Crippen LogP contribution in [0.25, 0.3) is 0 Å². The number of aliphatic hydroxyl groups is 1. The van der Waals surface area contributed by atoms with Crippen molar-refractivity contribution in [1.82, 2.24) is 0 Å². The molecular formula is C15H19F3O7S. The normalized spacial score (nSPS) is 34.0. The molecule has 11 heteroatoms. The zero-order valence-electron chi connectivity index (χ0n) is 14.0. The van der Waals surface area contributed by atoms with Crippen LogP contribution in [0.5, 0.6) is 0 Å². The van der Waals surface area contributed by atoms with Gasteiger partial charge >= 0.3 is 18.1 Å². The Bertz CT molecular complexity index is 715. The van der Waals surface area contributed by atoms with E-state index in [2.05, 4.69) is 11.3 Å². The molecule has 1 saturated heterocycles. The van der Waals surface area contributed by atoms with Gasteiger partial charge in [-0.25, -0.2) is 18.0 Å². The van der Waals surface area contributed by atoms with Crippen molar-refractivity contribution in [3.63, 3.8) is 0 Å². The number of aliphatic hydroxyl groups excluding tert-OH is 1. The Kier molecular flexibility index (Phi) is 5.44. The molecule has 1 aliphatic carbocycles. The summed E-state index contributed by atoms with van der Waals surface area (Å²) in [6, 6.07) is 0. The van der Waals surface area contributed by atoms with E-state index in [0.29, 0.717) is 0 Å². The summed E-state index contributed by atoms with van der Waals surface area (Å²) in [6.45, 7) is 5.19. The van der Waals surface area contributed by atoms with Crippen LogP contribution in [0.3, 0.4) is 0 Å². The van der Waals surface area contributed by atoms with Gasteiger partial charge in [-0.05, 0) is 19.3 Å². The van der Waals surface area contributed by atoms with Crippen LogP contribution >= 0.6 is 0 Å². The van der Waals surface area contributed by atoms with Crippen LogP contribution in [-0.4, -0.2) is 61.0 Å². The predicted molar refractivity (Wildman–Crippen MR) is 81.5 cm³/mol. The standard InChI is InChI=1S/C15H19F3O7S/c1-6-4-10-9(5-26(10,22)23)11(19)12(6)25-14(21)8(3)24-13(20)7(2)15(16,17)18/h6,8-12,19H,2,4-5H2,1,3H3. The average Bonchev–Trinajstić information content (AvgIpc) is 2.51. The van der Waals surface area contributed by atoms with E-state index < -0.39 is 68.9 Å². The maximum atomic E-state index is 12.4. The van der Waals surface area contributed by atoms with E-state index in [-0.39, 0.29) is 12.2 Å². The number of carbonyl (C=O) groups excluding carboxylic acids is 2. The molecule has 6 atom stereocenters. The maximum absolute atomic E-state index is 12.4. The fraction of sp³-hybridized carbons (Fsp3) is 0.733. The number of sulfone groups is 1. The first kappa shape index (κ1) is 20.7. The second-order valence-corrected chi connectivity index (χ2v) is 8.93. The van der Waals surface area contributed by atoms with Crippen molar-refractivity contribution < 1.29 is 45.8 Å². The zero-order valence-corrected chi connectivity index (χ0v) is 14.8. The van der Waals surface area contributed by atoms with Crippen molar-refractivity contribution in [3.8, 4) is 0 Å². The highest BCUT2D eigenvalue weighted by molar-refractivity contribution is 7.93. The van der Waals surface area contributed by atoms with E-state index in [1.54, 1.807) is 6.92 Å². The van der Waals surface area contributed by atoms with E-state index in [1.807, 2.05) is 0 Å². The third-order valence-corrected chi connectivity index (χ3v) is 7.07. The van der Waals surface area contributed by atoms with Gasteiger partial charge in [-0.15, -0.1) is 0 Å². The number of hydrogen-bond donors (Lipinski definition) is 1. The highest BCUT2D eigenvalue weighted by atomic mass is 32.2. The first-order chi connectivity index (χ1) is 11.8. The number of alkyl halides is 3. The highest BCUT2D eigenvalue weighted by Crippen LogP contribution is 2.43. The van der Waals surface area contributed by atoms with Crippen LogP contribution in [-0.2, 0) is 28.9 Å². The smallest absolute Gasteiger partial charge is 0.422 e. The Morgan fingerprint density at radius 3 is 2.38 bits per heavy atom. The van der Waals surface area contributed by atoms with E-state index in [4.69, 9.17) is 4.74 Å².